The number of carbonyl (C=O) groups is 1. The Morgan fingerprint density at radius 2 is 1.42 bits per heavy atom. The smallest absolute Gasteiger partial charge is 0.337 e. The lowest BCUT2D eigenvalue weighted by Gasteiger charge is -2.18. The van der Waals surface area contributed by atoms with Crippen molar-refractivity contribution < 1.29 is 9.90 Å². The monoisotopic (exact) mass is 699 g/mol. The molecule has 8 rings (SSSR count). The van der Waals surface area contributed by atoms with E-state index < -0.39 is 5.97 Å². The van der Waals surface area contributed by atoms with Crippen molar-refractivity contribution in [1.29, 1.82) is 5.26 Å². The van der Waals surface area contributed by atoms with Crippen LogP contribution in [0.5, 0.6) is 0 Å². The van der Waals surface area contributed by atoms with Crippen molar-refractivity contribution in [3.8, 4) is 29.1 Å². The number of benzene rings is 2. The van der Waals surface area contributed by atoms with Gasteiger partial charge in [0.15, 0.2) is 11.6 Å². The predicted octanol–water partition coefficient (Wildman–Crippen LogP) is 6.96. The van der Waals surface area contributed by atoms with Crippen LogP contribution < -0.4 is 10.2 Å². The van der Waals surface area contributed by atoms with Gasteiger partial charge in [0.2, 0.25) is 0 Å². The number of carboxylic acids is 1. The van der Waals surface area contributed by atoms with Crippen molar-refractivity contribution >= 4 is 28.9 Å². The van der Waals surface area contributed by atoms with Gasteiger partial charge in [0.1, 0.15) is 40.4 Å². The molecule has 0 radical (unpaired) electrons. The number of nitrogens with zero attached hydrogens (tertiary/aromatic N) is 10. The molecule has 0 bridgehead atoms. The summed E-state index contributed by atoms with van der Waals surface area (Å²) in [6.07, 6.45) is 10.1. The molecule has 0 aliphatic heterocycles. The topological polar surface area (TPSA) is 163 Å². The van der Waals surface area contributed by atoms with E-state index in [0.29, 0.717) is 34.4 Å². The Balaban J connectivity index is 0.000000164. The van der Waals surface area contributed by atoms with Gasteiger partial charge < -0.3 is 15.3 Å². The van der Waals surface area contributed by atoms with Crippen LogP contribution in [0.3, 0.4) is 0 Å². The number of rotatable bonds is 9. The summed E-state index contributed by atoms with van der Waals surface area (Å²) in [5.41, 5.74) is 5.88. The number of nitrogens with one attached hydrogen (secondary N) is 1. The third kappa shape index (κ3) is 7.67. The summed E-state index contributed by atoms with van der Waals surface area (Å²) in [5.74, 6) is 1.55. The molecule has 2 aromatic carbocycles. The number of carboxylic acid groups (broad SMARTS) is 1. The van der Waals surface area contributed by atoms with Gasteiger partial charge in [-0.15, -0.1) is 0 Å². The van der Waals surface area contributed by atoms with Crippen molar-refractivity contribution in [3.05, 3.63) is 156 Å². The molecule has 0 amide bonds. The zero-order chi connectivity index (χ0) is 36.7. The lowest BCUT2D eigenvalue weighted by Crippen LogP contribution is -2.18. The summed E-state index contributed by atoms with van der Waals surface area (Å²) < 4.78 is 3.53. The average Bonchev–Trinajstić information content (AvgIpc) is 3.83. The van der Waals surface area contributed by atoms with E-state index in [1.807, 2.05) is 60.0 Å². The minimum Gasteiger partial charge on any atom is -0.478 e. The quantitative estimate of drug-likeness (QED) is 0.160. The normalized spacial score (nSPS) is 11.3. The summed E-state index contributed by atoms with van der Waals surface area (Å²) in [5, 5.41) is 21.7. The van der Waals surface area contributed by atoms with E-state index in [1.165, 1.54) is 17.8 Å². The fourth-order valence-electron chi connectivity index (χ4n) is 5.72. The van der Waals surface area contributed by atoms with Gasteiger partial charge in [0.25, 0.3) is 0 Å². The molecule has 13 heteroatoms. The number of pyridine rings is 2. The standard InChI is InChI=1S/C20H16N6.C20H17N5O2/c1-25(13-15-5-3-2-4-6-15)19-9-10-22-20(24-19)17-12-23-18-8-7-16(11-21)14-26(17)18;1-13(14-5-3-2-4-6-14)23-17-9-10-21-19(24-17)16-11-22-18-8-7-15(20(26)27)12-25(16)18/h2-10,12,14H,13H2,1H3;2-13H,1H3,(H,26,27)(H,21,23,24)/t;13-/m.0/s1. The third-order valence-electron chi connectivity index (χ3n) is 8.46. The van der Waals surface area contributed by atoms with Gasteiger partial charge in [-0.2, -0.15) is 5.26 Å². The molecule has 260 valence electrons. The summed E-state index contributed by atoms with van der Waals surface area (Å²) in [6, 6.07) is 33.0. The Labute approximate surface area is 304 Å². The number of anilines is 2. The molecule has 0 saturated heterocycles. The Bertz CT molecular complexity index is 2560. The van der Waals surface area contributed by atoms with Gasteiger partial charge in [-0.05, 0) is 54.4 Å². The molecule has 6 heterocycles. The lowest BCUT2D eigenvalue weighted by molar-refractivity contribution is 0.0696. The van der Waals surface area contributed by atoms with Crippen molar-refractivity contribution in [2.45, 2.75) is 19.5 Å². The Morgan fingerprint density at radius 3 is 2.09 bits per heavy atom. The van der Waals surface area contributed by atoms with Gasteiger partial charge in [-0.3, -0.25) is 8.80 Å². The highest BCUT2D eigenvalue weighted by Crippen LogP contribution is 2.23. The second kappa shape index (κ2) is 15.2. The molecule has 1 atom stereocenters. The SMILES string of the molecule is CN(Cc1ccccc1)c1ccnc(-c2cnc3ccc(C#N)cn23)n1.C[C@H](Nc1ccnc(-c2cnc3ccc(C(=O)O)cn23)n1)c1ccccc1. The summed E-state index contributed by atoms with van der Waals surface area (Å²) in [6.45, 7) is 2.81. The molecule has 13 nitrogen and oxygen atoms in total. The van der Waals surface area contributed by atoms with Crippen molar-refractivity contribution in [3.63, 3.8) is 0 Å². The van der Waals surface area contributed by atoms with E-state index in [-0.39, 0.29) is 11.6 Å². The molecule has 0 fully saturated rings. The van der Waals surface area contributed by atoms with Crippen molar-refractivity contribution in [2.24, 2.45) is 0 Å². The molecule has 2 N–H and O–H groups in total. The lowest BCUT2D eigenvalue weighted by atomic mass is 10.1. The van der Waals surface area contributed by atoms with E-state index in [1.54, 1.807) is 53.6 Å². The Hall–Kier alpha value is -7.46. The number of aromatic nitrogens is 8. The fourth-order valence-corrected chi connectivity index (χ4v) is 5.72. The zero-order valence-electron chi connectivity index (χ0n) is 28.8. The van der Waals surface area contributed by atoms with E-state index >= 15 is 0 Å². The molecule has 8 aromatic rings. The van der Waals surface area contributed by atoms with Crippen LogP contribution in [0, 0.1) is 11.3 Å². The third-order valence-corrected chi connectivity index (χ3v) is 8.46. The van der Waals surface area contributed by atoms with Gasteiger partial charge in [-0.25, -0.2) is 34.7 Å². The minimum atomic E-state index is -0.996. The van der Waals surface area contributed by atoms with Crippen LogP contribution in [0.25, 0.3) is 34.3 Å². The number of imidazole rings is 2. The highest BCUT2D eigenvalue weighted by atomic mass is 16.4. The second-order valence-electron chi connectivity index (χ2n) is 12.1. The number of hydrogen-bond acceptors (Lipinski definition) is 10. The first-order valence-corrected chi connectivity index (χ1v) is 16.7. The maximum Gasteiger partial charge on any atom is 0.337 e. The van der Waals surface area contributed by atoms with Crippen LogP contribution in [0.2, 0.25) is 0 Å². The number of fused-ring (bicyclic) bond motifs is 2. The first kappa shape index (κ1) is 34.0. The maximum absolute atomic E-state index is 11.2. The van der Waals surface area contributed by atoms with E-state index in [4.69, 9.17) is 5.26 Å². The largest absolute Gasteiger partial charge is 0.478 e. The van der Waals surface area contributed by atoms with Gasteiger partial charge >= 0.3 is 5.97 Å². The van der Waals surface area contributed by atoms with Crippen molar-refractivity contribution in [1.82, 2.24) is 38.7 Å². The number of aromatic carboxylic acids is 1. The molecule has 6 aromatic heterocycles. The molecular formula is C40H33N11O2. The number of nitriles is 1. The van der Waals surface area contributed by atoms with E-state index in [9.17, 15) is 9.90 Å². The average molecular weight is 700 g/mol. The summed E-state index contributed by atoms with van der Waals surface area (Å²) >= 11 is 0. The minimum absolute atomic E-state index is 0.0785. The predicted molar refractivity (Wildman–Crippen MR) is 201 cm³/mol. The van der Waals surface area contributed by atoms with E-state index in [2.05, 4.69) is 77.4 Å². The second-order valence-corrected chi connectivity index (χ2v) is 12.1. The Kier molecular flexibility index (Phi) is 9.75. The molecule has 0 spiro atoms. The maximum atomic E-state index is 11.2. The molecule has 53 heavy (non-hydrogen) atoms. The van der Waals surface area contributed by atoms with Crippen LogP contribution in [0.4, 0.5) is 11.6 Å². The van der Waals surface area contributed by atoms with Crippen LogP contribution in [0.15, 0.2) is 134 Å². The summed E-state index contributed by atoms with van der Waals surface area (Å²) in [4.78, 5) is 40.0. The van der Waals surface area contributed by atoms with Crippen LogP contribution in [-0.2, 0) is 6.54 Å². The van der Waals surface area contributed by atoms with E-state index in [0.717, 1.165) is 29.3 Å². The molecule has 0 unspecified atom stereocenters. The first-order chi connectivity index (χ1) is 25.9. The molecule has 0 aliphatic carbocycles. The van der Waals surface area contributed by atoms with Crippen molar-refractivity contribution in [2.75, 3.05) is 17.3 Å². The Morgan fingerprint density at radius 1 is 0.792 bits per heavy atom. The van der Waals surface area contributed by atoms with Gasteiger partial charge in [0.05, 0.1) is 23.5 Å². The highest BCUT2D eigenvalue weighted by molar-refractivity contribution is 5.87. The molecule has 0 saturated carbocycles. The highest BCUT2D eigenvalue weighted by Gasteiger charge is 2.14. The number of hydrogen-bond donors (Lipinski definition) is 2. The van der Waals surface area contributed by atoms with Crippen LogP contribution in [0.1, 0.15) is 40.0 Å². The summed E-state index contributed by atoms with van der Waals surface area (Å²) in [7, 11) is 2.00. The van der Waals surface area contributed by atoms with Crippen LogP contribution in [-0.4, -0.2) is 56.8 Å². The first-order valence-electron chi connectivity index (χ1n) is 16.7. The van der Waals surface area contributed by atoms with Crippen LogP contribution >= 0.6 is 0 Å². The van der Waals surface area contributed by atoms with Gasteiger partial charge in [-0.1, -0.05) is 60.7 Å². The molecular weight excluding hydrogens is 667 g/mol. The zero-order valence-corrected chi connectivity index (χ0v) is 28.8. The van der Waals surface area contributed by atoms with Gasteiger partial charge in [0, 0.05) is 44.4 Å². The fraction of sp³-hybridized carbons (Fsp3) is 0.100. The molecule has 0 aliphatic rings.